The van der Waals surface area contributed by atoms with Gasteiger partial charge in [-0.25, -0.2) is 0 Å². The highest BCUT2D eigenvalue weighted by Crippen LogP contribution is 2.32. The molecule has 0 aliphatic heterocycles. The lowest BCUT2D eigenvalue weighted by molar-refractivity contribution is 0.223. The van der Waals surface area contributed by atoms with Crippen molar-refractivity contribution in [1.82, 2.24) is 0 Å². The molecule has 0 aromatic heterocycles. The van der Waals surface area contributed by atoms with Crippen LogP contribution in [-0.2, 0) is 5.54 Å². The zero-order chi connectivity index (χ0) is 15.6. The second-order valence-electron chi connectivity index (χ2n) is 5.56. The average molecular weight is 369 g/mol. The normalized spacial score (nSPS) is 13.8. The van der Waals surface area contributed by atoms with Gasteiger partial charge in [0.05, 0.1) is 17.2 Å². The number of aliphatic hydroxyl groups excluding tert-OH is 1. The van der Waals surface area contributed by atoms with Crippen LogP contribution in [0.5, 0.6) is 0 Å². The van der Waals surface area contributed by atoms with Crippen molar-refractivity contribution in [3.63, 3.8) is 0 Å². The maximum atomic E-state index is 9.94. The number of anilines is 1. The van der Waals surface area contributed by atoms with Crippen molar-refractivity contribution in [3.05, 3.63) is 62.6 Å². The van der Waals surface area contributed by atoms with Gasteiger partial charge in [-0.05, 0) is 66.0 Å². The Morgan fingerprint density at radius 3 is 2.52 bits per heavy atom. The first kappa shape index (κ1) is 16.3. The van der Waals surface area contributed by atoms with Crippen LogP contribution in [0.25, 0.3) is 0 Å². The molecule has 2 nitrogen and oxygen atoms in total. The minimum absolute atomic E-state index is 0.00244. The van der Waals surface area contributed by atoms with Gasteiger partial charge in [-0.15, -0.1) is 0 Å². The second kappa shape index (κ2) is 6.39. The zero-order valence-electron chi connectivity index (χ0n) is 12.4. The Labute approximate surface area is 139 Å². The van der Waals surface area contributed by atoms with Crippen LogP contribution >= 0.6 is 27.5 Å². The van der Waals surface area contributed by atoms with Crippen molar-refractivity contribution in [3.8, 4) is 0 Å². The van der Waals surface area contributed by atoms with E-state index in [-0.39, 0.29) is 6.61 Å². The van der Waals surface area contributed by atoms with E-state index in [1.165, 1.54) is 5.56 Å². The molecule has 4 heteroatoms. The topological polar surface area (TPSA) is 32.3 Å². The Balaban J connectivity index is 2.41. The lowest BCUT2D eigenvalue weighted by Gasteiger charge is -2.32. The molecule has 0 amide bonds. The van der Waals surface area contributed by atoms with Gasteiger partial charge in [0.25, 0.3) is 0 Å². The molecule has 2 rings (SSSR count). The number of nitrogens with one attached hydrogen (secondary N) is 1. The fourth-order valence-corrected chi connectivity index (χ4v) is 2.91. The molecule has 0 fully saturated rings. The van der Waals surface area contributed by atoms with Gasteiger partial charge >= 0.3 is 0 Å². The number of aryl methyl sites for hydroxylation is 2. The smallest absolute Gasteiger partial charge is 0.0830 e. The molecular formula is C17H19BrClNO. The first-order valence-electron chi connectivity index (χ1n) is 6.77. The fraction of sp³-hybridized carbons (Fsp3) is 0.294. The predicted octanol–water partition coefficient (Wildman–Crippen LogP) is 5.04. The summed E-state index contributed by atoms with van der Waals surface area (Å²) in [6.07, 6.45) is 0. The molecule has 0 aliphatic carbocycles. The summed E-state index contributed by atoms with van der Waals surface area (Å²) in [5.41, 5.74) is 3.77. The van der Waals surface area contributed by atoms with Crippen molar-refractivity contribution in [2.45, 2.75) is 26.3 Å². The quantitative estimate of drug-likeness (QED) is 0.792. The van der Waals surface area contributed by atoms with E-state index in [1.807, 2.05) is 25.1 Å². The Bertz CT molecular complexity index is 659. The highest BCUT2D eigenvalue weighted by atomic mass is 79.9. The Morgan fingerprint density at radius 1 is 1.19 bits per heavy atom. The van der Waals surface area contributed by atoms with Gasteiger partial charge in [-0.2, -0.15) is 0 Å². The molecule has 0 heterocycles. The number of halogens is 2. The minimum Gasteiger partial charge on any atom is -0.394 e. The number of hydrogen-bond acceptors (Lipinski definition) is 2. The highest BCUT2D eigenvalue weighted by Gasteiger charge is 2.27. The van der Waals surface area contributed by atoms with Crippen LogP contribution < -0.4 is 5.32 Å². The van der Waals surface area contributed by atoms with Gasteiger partial charge in [0, 0.05) is 10.2 Å². The molecule has 0 saturated carbocycles. The van der Waals surface area contributed by atoms with Crippen LogP contribution in [0.1, 0.15) is 23.6 Å². The Hall–Kier alpha value is -1.03. The van der Waals surface area contributed by atoms with Gasteiger partial charge in [0.1, 0.15) is 0 Å². The second-order valence-corrected chi connectivity index (χ2v) is 6.82. The molecule has 112 valence electrons. The molecule has 1 unspecified atom stereocenters. The molecule has 21 heavy (non-hydrogen) atoms. The largest absolute Gasteiger partial charge is 0.394 e. The molecule has 0 aliphatic rings. The molecule has 0 bridgehead atoms. The van der Waals surface area contributed by atoms with Crippen LogP contribution in [-0.4, -0.2) is 11.7 Å². The van der Waals surface area contributed by atoms with E-state index >= 15 is 0 Å². The molecule has 1 atom stereocenters. The summed E-state index contributed by atoms with van der Waals surface area (Å²) < 4.78 is 0.829. The standard InChI is InChI=1S/C17H19BrClNO/c1-11-4-5-12(2)14(8-11)17(3,10-21)20-13-6-7-16(19)15(18)9-13/h4-9,20-21H,10H2,1-3H3. The molecular weight excluding hydrogens is 350 g/mol. The van der Waals surface area contributed by atoms with Crippen LogP contribution in [0.4, 0.5) is 5.69 Å². The highest BCUT2D eigenvalue weighted by molar-refractivity contribution is 9.10. The SMILES string of the molecule is Cc1ccc(C)c(C(C)(CO)Nc2ccc(Cl)c(Br)c2)c1. The van der Waals surface area contributed by atoms with Crippen LogP contribution in [0, 0.1) is 13.8 Å². The summed E-state index contributed by atoms with van der Waals surface area (Å²) in [4.78, 5) is 0. The van der Waals surface area contributed by atoms with Crippen LogP contribution in [0.3, 0.4) is 0 Å². The van der Waals surface area contributed by atoms with Crippen molar-refractivity contribution >= 4 is 33.2 Å². The average Bonchev–Trinajstić information content (AvgIpc) is 2.45. The third kappa shape index (κ3) is 3.60. The zero-order valence-corrected chi connectivity index (χ0v) is 14.7. The van der Waals surface area contributed by atoms with Crippen molar-refractivity contribution in [2.75, 3.05) is 11.9 Å². The summed E-state index contributed by atoms with van der Waals surface area (Å²) in [5.74, 6) is 0. The summed E-state index contributed by atoms with van der Waals surface area (Å²) in [5, 5.41) is 14.0. The van der Waals surface area contributed by atoms with Gasteiger partial charge in [0.2, 0.25) is 0 Å². The van der Waals surface area contributed by atoms with Crippen molar-refractivity contribution in [2.24, 2.45) is 0 Å². The lowest BCUT2D eigenvalue weighted by Crippen LogP contribution is -2.36. The molecule has 2 aromatic rings. The molecule has 0 spiro atoms. The van der Waals surface area contributed by atoms with Crippen molar-refractivity contribution < 1.29 is 5.11 Å². The first-order chi connectivity index (χ1) is 9.85. The van der Waals surface area contributed by atoms with E-state index < -0.39 is 5.54 Å². The third-order valence-electron chi connectivity index (χ3n) is 3.64. The number of hydrogen-bond donors (Lipinski definition) is 2. The monoisotopic (exact) mass is 367 g/mol. The minimum atomic E-state index is -0.552. The summed E-state index contributed by atoms with van der Waals surface area (Å²) in [6, 6.07) is 11.9. The number of aliphatic hydroxyl groups is 1. The third-order valence-corrected chi connectivity index (χ3v) is 4.86. The Morgan fingerprint density at radius 2 is 1.90 bits per heavy atom. The maximum Gasteiger partial charge on any atom is 0.0830 e. The van der Waals surface area contributed by atoms with Crippen molar-refractivity contribution in [1.29, 1.82) is 0 Å². The van der Waals surface area contributed by atoms with E-state index in [2.05, 4.69) is 53.3 Å². The Kier molecular flexibility index (Phi) is 4.97. The predicted molar refractivity (Wildman–Crippen MR) is 93.1 cm³/mol. The van der Waals surface area contributed by atoms with Gasteiger partial charge in [0.15, 0.2) is 0 Å². The summed E-state index contributed by atoms with van der Waals surface area (Å²) in [6.45, 7) is 6.11. The van der Waals surface area contributed by atoms with Gasteiger partial charge in [-0.3, -0.25) is 0 Å². The maximum absolute atomic E-state index is 9.94. The van der Waals surface area contributed by atoms with Crippen LogP contribution in [0.15, 0.2) is 40.9 Å². The van der Waals surface area contributed by atoms with E-state index in [0.29, 0.717) is 5.02 Å². The van der Waals surface area contributed by atoms with Gasteiger partial charge < -0.3 is 10.4 Å². The number of rotatable bonds is 4. The number of benzene rings is 2. The molecule has 2 N–H and O–H groups in total. The van der Waals surface area contributed by atoms with E-state index in [9.17, 15) is 5.11 Å². The van der Waals surface area contributed by atoms with Crippen LogP contribution in [0.2, 0.25) is 5.02 Å². The summed E-state index contributed by atoms with van der Waals surface area (Å²) in [7, 11) is 0. The fourth-order valence-electron chi connectivity index (χ4n) is 2.41. The first-order valence-corrected chi connectivity index (χ1v) is 7.94. The molecule has 0 radical (unpaired) electrons. The van der Waals surface area contributed by atoms with E-state index in [0.717, 1.165) is 21.3 Å². The molecule has 2 aromatic carbocycles. The van der Waals surface area contributed by atoms with E-state index in [4.69, 9.17) is 11.6 Å². The van der Waals surface area contributed by atoms with E-state index in [1.54, 1.807) is 0 Å². The lowest BCUT2D eigenvalue weighted by atomic mass is 9.87. The summed E-state index contributed by atoms with van der Waals surface area (Å²) >= 11 is 9.45. The van der Waals surface area contributed by atoms with Gasteiger partial charge in [-0.1, -0.05) is 35.4 Å². The molecule has 0 saturated heterocycles.